The number of hydrogen-bond acceptors (Lipinski definition) is 4. The number of nitrogens with zero attached hydrogens (tertiary/aromatic N) is 2. The molecule has 2 aliphatic rings. The van der Waals surface area contributed by atoms with Crippen molar-refractivity contribution in [1.82, 2.24) is 4.31 Å². The largest absolute Gasteiger partial charge is 0.312 e. The Hall–Kier alpha value is -1.22. The van der Waals surface area contributed by atoms with E-state index in [4.69, 9.17) is 0 Å². The van der Waals surface area contributed by atoms with Gasteiger partial charge in [-0.1, -0.05) is 6.07 Å². The molecular formula is C18H19BrN2O3S2. The molecule has 1 atom stereocenters. The minimum absolute atomic E-state index is 0.0629. The van der Waals surface area contributed by atoms with E-state index in [9.17, 15) is 13.2 Å². The van der Waals surface area contributed by atoms with Crippen molar-refractivity contribution in [3.8, 4) is 0 Å². The number of carbonyl (C=O) groups excluding carboxylic acids is 1. The van der Waals surface area contributed by atoms with Crippen LogP contribution in [0.5, 0.6) is 0 Å². The highest BCUT2D eigenvalue weighted by Crippen LogP contribution is 2.42. The van der Waals surface area contributed by atoms with Gasteiger partial charge < -0.3 is 4.90 Å². The topological polar surface area (TPSA) is 57.7 Å². The molecule has 8 heteroatoms. The van der Waals surface area contributed by atoms with Crippen LogP contribution in [-0.4, -0.2) is 31.7 Å². The third-order valence-corrected chi connectivity index (χ3v) is 8.91. The molecule has 0 N–H and O–H groups in total. The molecule has 3 heterocycles. The maximum Gasteiger partial charge on any atom is 0.244 e. The number of carbonyl (C=O) groups is 1. The molecule has 4 rings (SSSR count). The number of amides is 1. The molecule has 1 aromatic carbocycles. The highest BCUT2D eigenvalue weighted by molar-refractivity contribution is 9.10. The number of halogens is 1. The predicted molar refractivity (Wildman–Crippen MR) is 106 cm³/mol. The summed E-state index contributed by atoms with van der Waals surface area (Å²) in [5.74, 6) is -0.0629. The van der Waals surface area contributed by atoms with Gasteiger partial charge >= 0.3 is 0 Å². The van der Waals surface area contributed by atoms with Gasteiger partial charge in [0.2, 0.25) is 15.9 Å². The van der Waals surface area contributed by atoms with Crippen LogP contribution in [0.1, 0.15) is 36.2 Å². The molecule has 0 saturated carbocycles. The van der Waals surface area contributed by atoms with Gasteiger partial charge in [0, 0.05) is 35.1 Å². The van der Waals surface area contributed by atoms with Crippen LogP contribution in [0.15, 0.2) is 39.0 Å². The third-order valence-electron chi connectivity index (χ3n) is 5.07. The molecule has 0 bridgehead atoms. The molecule has 0 aliphatic carbocycles. The molecule has 1 unspecified atom stereocenters. The van der Waals surface area contributed by atoms with Crippen molar-refractivity contribution >= 4 is 48.9 Å². The lowest BCUT2D eigenvalue weighted by atomic mass is 10.2. The minimum atomic E-state index is -3.66. The summed E-state index contributed by atoms with van der Waals surface area (Å²) in [6.45, 7) is 2.63. The minimum Gasteiger partial charge on any atom is -0.312 e. The number of thiophene rings is 1. The van der Waals surface area contributed by atoms with Crippen LogP contribution in [0.2, 0.25) is 0 Å². The quantitative estimate of drug-likeness (QED) is 0.705. The molecule has 138 valence electrons. The van der Waals surface area contributed by atoms with Gasteiger partial charge in [0.05, 0.1) is 10.9 Å². The Balaban J connectivity index is 1.77. The average molecular weight is 455 g/mol. The Morgan fingerprint density at radius 3 is 2.81 bits per heavy atom. The normalized spacial score (nSPS) is 20.5. The number of fused-ring (bicyclic) bond motifs is 1. The van der Waals surface area contributed by atoms with Crippen LogP contribution in [0.4, 0.5) is 5.69 Å². The second-order valence-electron chi connectivity index (χ2n) is 6.62. The van der Waals surface area contributed by atoms with E-state index in [-0.39, 0.29) is 16.8 Å². The van der Waals surface area contributed by atoms with Crippen LogP contribution in [0, 0.1) is 0 Å². The fourth-order valence-electron chi connectivity index (χ4n) is 3.83. The zero-order chi connectivity index (χ0) is 18.5. The molecule has 1 amide bonds. The van der Waals surface area contributed by atoms with Gasteiger partial charge in [-0.25, -0.2) is 8.42 Å². The summed E-state index contributed by atoms with van der Waals surface area (Å²) < 4.78 is 29.0. The van der Waals surface area contributed by atoms with Crippen molar-refractivity contribution < 1.29 is 13.2 Å². The lowest BCUT2D eigenvalue weighted by Crippen LogP contribution is -2.31. The van der Waals surface area contributed by atoms with Gasteiger partial charge in [-0.3, -0.25) is 4.79 Å². The number of benzene rings is 1. The van der Waals surface area contributed by atoms with E-state index in [2.05, 4.69) is 15.9 Å². The van der Waals surface area contributed by atoms with Crippen LogP contribution in [0.25, 0.3) is 0 Å². The molecule has 2 aromatic rings. The zero-order valence-corrected chi connectivity index (χ0v) is 17.5. The van der Waals surface area contributed by atoms with Gasteiger partial charge in [0.25, 0.3) is 0 Å². The summed E-state index contributed by atoms with van der Waals surface area (Å²) in [5.41, 5.74) is 1.72. The van der Waals surface area contributed by atoms with E-state index in [1.807, 2.05) is 23.6 Å². The molecular weight excluding hydrogens is 436 g/mol. The summed E-state index contributed by atoms with van der Waals surface area (Å²) >= 11 is 5.04. The fourth-order valence-corrected chi connectivity index (χ4v) is 7.52. The standard InChI is InChI=1S/C18H19BrN2O3S2/c1-12(22)20-8-6-13-10-14(19)18(11-16(13)20)26(23,24)21-7-2-4-15(21)17-5-3-9-25-17/h3,5,9-11,15H,2,4,6-8H2,1H3. The molecule has 2 aliphatic heterocycles. The molecule has 1 saturated heterocycles. The van der Waals surface area contributed by atoms with E-state index < -0.39 is 10.0 Å². The summed E-state index contributed by atoms with van der Waals surface area (Å²) in [5, 5.41) is 1.98. The van der Waals surface area contributed by atoms with Crippen molar-refractivity contribution in [2.45, 2.75) is 37.1 Å². The maximum atomic E-state index is 13.4. The summed E-state index contributed by atoms with van der Waals surface area (Å²) in [6, 6.07) is 7.36. The van der Waals surface area contributed by atoms with Crippen LogP contribution < -0.4 is 4.90 Å². The number of hydrogen-bond donors (Lipinski definition) is 0. The van der Waals surface area contributed by atoms with Crippen molar-refractivity contribution in [3.63, 3.8) is 0 Å². The SMILES string of the molecule is CC(=O)N1CCc2cc(Br)c(S(=O)(=O)N3CCCC3c3cccs3)cc21. The number of sulfonamides is 1. The summed E-state index contributed by atoms with van der Waals surface area (Å²) in [6.07, 6.45) is 2.43. The first kappa shape index (κ1) is 18.2. The molecule has 0 radical (unpaired) electrons. The fraction of sp³-hybridized carbons (Fsp3) is 0.389. The zero-order valence-electron chi connectivity index (χ0n) is 14.3. The van der Waals surface area contributed by atoms with Crippen molar-refractivity contribution in [1.29, 1.82) is 0 Å². The first-order valence-corrected chi connectivity index (χ1v) is 11.7. The second-order valence-corrected chi connectivity index (χ2v) is 10.3. The lowest BCUT2D eigenvalue weighted by Gasteiger charge is -2.25. The first-order chi connectivity index (χ1) is 12.4. The summed E-state index contributed by atoms with van der Waals surface area (Å²) in [7, 11) is -3.66. The van der Waals surface area contributed by atoms with Crippen LogP contribution in [0.3, 0.4) is 0 Å². The second kappa shape index (κ2) is 6.74. The highest BCUT2D eigenvalue weighted by atomic mass is 79.9. The van der Waals surface area contributed by atoms with E-state index >= 15 is 0 Å². The van der Waals surface area contributed by atoms with Crippen molar-refractivity contribution in [3.05, 3.63) is 44.6 Å². The van der Waals surface area contributed by atoms with Gasteiger partial charge in [0.15, 0.2) is 0 Å². The van der Waals surface area contributed by atoms with E-state index in [0.717, 1.165) is 29.7 Å². The Morgan fingerprint density at radius 2 is 2.12 bits per heavy atom. The Morgan fingerprint density at radius 1 is 1.31 bits per heavy atom. The maximum absolute atomic E-state index is 13.4. The molecule has 1 aromatic heterocycles. The first-order valence-electron chi connectivity index (χ1n) is 8.55. The molecule has 1 fully saturated rings. The molecule has 0 spiro atoms. The number of anilines is 1. The van der Waals surface area contributed by atoms with Gasteiger partial charge in [-0.2, -0.15) is 4.31 Å². The van der Waals surface area contributed by atoms with Crippen LogP contribution >= 0.6 is 27.3 Å². The Kier molecular flexibility index (Phi) is 4.71. The Labute approximate surface area is 165 Å². The van der Waals surface area contributed by atoms with Gasteiger partial charge in [0.1, 0.15) is 0 Å². The van der Waals surface area contributed by atoms with E-state index in [1.165, 1.54) is 6.92 Å². The van der Waals surface area contributed by atoms with Crippen molar-refractivity contribution in [2.24, 2.45) is 0 Å². The van der Waals surface area contributed by atoms with Crippen LogP contribution in [-0.2, 0) is 21.2 Å². The monoisotopic (exact) mass is 454 g/mol. The molecule has 5 nitrogen and oxygen atoms in total. The Bertz CT molecular complexity index is 957. The highest BCUT2D eigenvalue weighted by Gasteiger charge is 2.38. The molecule has 26 heavy (non-hydrogen) atoms. The average Bonchev–Trinajstić information content (AvgIpc) is 3.32. The van der Waals surface area contributed by atoms with Gasteiger partial charge in [-0.15, -0.1) is 11.3 Å². The predicted octanol–water partition coefficient (Wildman–Crippen LogP) is 3.95. The smallest absolute Gasteiger partial charge is 0.244 e. The van der Waals surface area contributed by atoms with Gasteiger partial charge in [-0.05, 0) is 64.3 Å². The lowest BCUT2D eigenvalue weighted by molar-refractivity contribution is -0.116. The number of rotatable bonds is 3. The summed E-state index contributed by atoms with van der Waals surface area (Å²) in [4.78, 5) is 14.8. The third kappa shape index (κ3) is 2.93. The van der Waals surface area contributed by atoms with E-state index in [0.29, 0.717) is 23.2 Å². The van der Waals surface area contributed by atoms with E-state index in [1.54, 1.807) is 26.6 Å². The van der Waals surface area contributed by atoms with Crippen molar-refractivity contribution in [2.75, 3.05) is 18.0 Å².